The van der Waals surface area contributed by atoms with E-state index < -0.39 is 5.82 Å². The first-order valence-electron chi connectivity index (χ1n) is 8.67. The van der Waals surface area contributed by atoms with Crippen molar-refractivity contribution < 1.29 is 9.18 Å². The van der Waals surface area contributed by atoms with Gasteiger partial charge in [-0.05, 0) is 36.8 Å². The van der Waals surface area contributed by atoms with Gasteiger partial charge in [0.2, 0.25) is 0 Å². The summed E-state index contributed by atoms with van der Waals surface area (Å²) < 4.78 is 15.9. The average molecular weight is 365 g/mol. The van der Waals surface area contributed by atoms with Crippen LogP contribution in [-0.2, 0) is 20.1 Å². The van der Waals surface area contributed by atoms with E-state index in [4.69, 9.17) is 5.73 Å². The number of fused-ring (bicyclic) bond motifs is 2. The Kier molecular flexibility index (Phi) is 4.16. The predicted molar refractivity (Wildman–Crippen MR) is 102 cm³/mol. The molecule has 3 aromatic rings. The molecule has 4 rings (SSSR count). The lowest BCUT2D eigenvalue weighted by atomic mass is 10.1. The van der Waals surface area contributed by atoms with Crippen LogP contribution in [0.4, 0.5) is 21.6 Å². The molecular weight excluding hydrogens is 345 g/mol. The Hall–Kier alpha value is -3.19. The number of anilines is 3. The maximum atomic E-state index is 14.2. The van der Waals surface area contributed by atoms with E-state index in [0.29, 0.717) is 12.1 Å². The van der Waals surface area contributed by atoms with E-state index in [1.165, 1.54) is 6.07 Å². The van der Waals surface area contributed by atoms with Crippen LogP contribution in [0.15, 0.2) is 42.6 Å². The molecule has 3 N–H and O–H groups in total. The van der Waals surface area contributed by atoms with Crippen LogP contribution in [0.1, 0.15) is 27.0 Å². The maximum Gasteiger partial charge on any atom is 0.258 e. The number of hydrogen-bond acceptors (Lipinski definition) is 4. The average Bonchev–Trinajstić information content (AvgIpc) is 2.90. The monoisotopic (exact) mass is 365 g/mol. The van der Waals surface area contributed by atoms with Gasteiger partial charge in [-0.25, -0.2) is 4.39 Å². The molecule has 1 aliphatic rings. The molecular formula is C20H20FN5O. The summed E-state index contributed by atoms with van der Waals surface area (Å²) in [5.41, 5.74) is 9.69. The molecule has 27 heavy (non-hydrogen) atoms. The summed E-state index contributed by atoms with van der Waals surface area (Å²) in [4.78, 5) is 14.9. The molecule has 0 saturated carbocycles. The van der Waals surface area contributed by atoms with Gasteiger partial charge in [-0.3, -0.25) is 9.48 Å². The van der Waals surface area contributed by atoms with E-state index in [-0.39, 0.29) is 18.0 Å². The van der Waals surface area contributed by atoms with E-state index in [0.717, 1.165) is 28.3 Å². The molecule has 0 fully saturated rings. The lowest BCUT2D eigenvalue weighted by Crippen LogP contribution is -2.30. The third kappa shape index (κ3) is 2.96. The van der Waals surface area contributed by atoms with Crippen molar-refractivity contribution in [3.8, 4) is 0 Å². The Morgan fingerprint density at radius 3 is 2.85 bits per heavy atom. The SMILES string of the molecule is Cc1ccc2c(c1)Nc1c(cnn1C)CN2C(=O)c1ccc(CN)c(F)c1. The Bertz CT molecular complexity index is 1040. The number of halogens is 1. The zero-order valence-electron chi connectivity index (χ0n) is 15.2. The first kappa shape index (κ1) is 17.2. The number of aryl methyl sites for hydroxylation is 2. The van der Waals surface area contributed by atoms with E-state index in [1.54, 1.807) is 27.9 Å². The predicted octanol–water partition coefficient (Wildman–Crippen LogP) is 3.23. The quantitative estimate of drug-likeness (QED) is 0.731. The van der Waals surface area contributed by atoms with Gasteiger partial charge in [0, 0.05) is 30.3 Å². The molecule has 1 aromatic heterocycles. The zero-order chi connectivity index (χ0) is 19.1. The number of nitrogens with one attached hydrogen (secondary N) is 1. The highest BCUT2D eigenvalue weighted by Gasteiger charge is 2.27. The summed E-state index contributed by atoms with van der Waals surface area (Å²) in [5, 5.41) is 7.65. The molecule has 0 radical (unpaired) electrons. The number of carbonyl (C=O) groups excluding carboxylic acids is 1. The number of amides is 1. The van der Waals surface area contributed by atoms with E-state index in [9.17, 15) is 9.18 Å². The van der Waals surface area contributed by atoms with E-state index >= 15 is 0 Å². The summed E-state index contributed by atoms with van der Waals surface area (Å²) in [5.74, 6) is 0.0883. The van der Waals surface area contributed by atoms with Crippen LogP contribution in [0.25, 0.3) is 0 Å². The minimum absolute atomic E-state index is 0.0924. The number of nitrogens with two attached hydrogens (primary N) is 1. The molecule has 7 heteroatoms. The van der Waals surface area contributed by atoms with Crippen LogP contribution in [0, 0.1) is 12.7 Å². The molecule has 0 bridgehead atoms. The fourth-order valence-corrected chi connectivity index (χ4v) is 3.31. The Labute approximate surface area is 156 Å². The molecule has 0 atom stereocenters. The highest BCUT2D eigenvalue weighted by Crippen LogP contribution is 2.37. The van der Waals surface area contributed by atoms with Gasteiger partial charge < -0.3 is 16.0 Å². The summed E-state index contributed by atoms with van der Waals surface area (Å²) in [6.45, 7) is 2.42. The summed E-state index contributed by atoms with van der Waals surface area (Å²) in [7, 11) is 1.85. The van der Waals surface area contributed by atoms with Gasteiger partial charge in [0.25, 0.3) is 5.91 Å². The molecule has 6 nitrogen and oxygen atoms in total. The second kappa shape index (κ2) is 6.51. The Balaban J connectivity index is 1.81. The Morgan fingerprint density at radius 2 is 2.11 bits per heavy atom. The van der Waals surface area contributed by atoms with Crippen molar-refractivity contribution in [3.63, 3.8) is 0 Å². The summed E-state index contributed by atoms with van der Waals surface area (Å²) >= 11 is 0. The molecule has 2 heterocycles. The fourth-order valence-electron chi connectivity index (χ4n) is 3.31. The van der Waals surface area contributed by atoms with Crippen molar-refractivity contribution in [2.24, 2.45) is 12.8 Å². The van der Waals surface area contributed by atoms with Gasteiger partial charge in [-0.15, -0.1) is 0 Å². The van der Waals surface area contributed by atoms with Crippen molar-refractivity contribution >= 4 is 23.1 Å². The van der Waals surface area contributed by atoms with Gasteiger partial charge in [0.1, 0.15) is 11.6 Å². The standard InChI is InChI=1S/C20H20FN5O/c1-12-3-6-18-17(7-12)24-19-15(10-23-25(19)2)11-26(18)20(27)13-4-5-14(9-22)16(21)8-13/h3-8,10,24H,9,11,22H2,1-2H3. The molecule has 0 unspecified atom stereocenters. The number of benzene rings is 2. The molecule has 2 aromatic carbocycles. The van der Waals surface area contributed by atoms with Crippen LogP contribution in [-0.4, -0.2) is 15.7 Å². The third-order valence-electron chi connectivity index (χ3n) is 4.80. The van der Waals surface area contributed by atoms with Gasteiger partial charge in [0.15, 0.2) is 0 Å². The van der Waals surface area contributed by atoms with Crippen molar-refractivity contribution in [3.05, 3.63) is 70.7 Å². The smallest absolute Gasteiger partial charge is 0.258 e. The first-order chi connectivity index (χ1) is 13.0. The molecule has 1 amide bonds. The minimum atomic E-state index is -0.470. The first-order valence-corrected chi connectivity index (χ1v) is 8.67. The lowest BCUT2D eigenvalue weighted by molar-refractivity contribution is 0.0985. The minimum Gasteiger partial charge on any atom is -0.338 e. The second-order valence-corrected chi connectivity index (χ2v) is 6.69. The summed E-state index contributed by atoms with van der Waals surface area (Å²) in [6.07, 6.45) is 1.74. The highest BCUT2D eigenvalue weighted by atomic mass is 19.1. The topological polar surface area (TPSA) is 76.2 Å². The van der Waals surface area contributed by atoms with Gasteiger partial charge in [0.05, 0.1) is 24.1 Å². The maximum absolute atomic E-state index is 14.2. The van der Waals surface area contributed by atoms with Gasteiger partial charge in [-0.2, -0.15) is 5.10 Å². The number of carbonyl (C=O) groups is 1. The summed E-state index contributed by atoms with van der Waals surface area (Å²) in [6, 6.07) is 10.3. The fraction of sp³-hybridized carbons (Fsp3) is 0.200. The van der Waals surface area contributed by atoms with Crippen LogP contribution in [0.5, 0.6) is 0 Å². The molecule has 1 aliphatic heterocycles. The largest absolute Gasteiger partial charge is 0.338 e. The number of nitrogens with zero attached hydrogens (tertiary/aromatic N) is 3. The Morgan fingerprint density at radius 1 is 1.30 bits per heavy atom. The van der Waals surface area contributed by atoms with Crippen LogP contribution >= 0.6 is 0 Å². The molecule has 138 valence electrons. The van der Waals surface area contributed by atoms with Crippen LogP contribution in [0.2, 0.25) is 0 Å². The number of rotatable bonds is 2. The molecule has 0 spiro atoms. The van der Waals surface area contributed by atoms with Crippen molar-refractivity contribution in [2.45, 2.75) is 20.0 Å². The van der Waals surface area contributed by atoms with Crippen LogP contribution in [0.3, 0.4) is 0 Å². The van der Waals surface area contributed by atoms with Gasteiger partial charge >= 0.3 is 0 Å². The molecule has 0 saturated heterocycles. The number of hydrogen-bond donors (Lipinski definition) is 2. The number of aromatic nitrogens is 2. The normalized spacial score (nSPS) is 12.8. The second-order valence-electron chi connectivity index (χ2n) is 6.69. The highest BCUT2D eigenvalue weighted by molar-refractivity contribution is 6.08. The van der Waals surface area contributed by atoms with Crippen LogP contribution < -0.4 is 16.0 Å². The van der Waals surface area contributed by atoms with Crippen molar-refractivity contribution in [1.29, 1.82) is 0 Å². The zero-order valence-corrected chi connectivity index (χ0v) is 15.2. The van der Waals surface area contributed by atoms with Gasteiger partial charge in [-0.1, -0.05) is 12.1 Å². The lowest BCUT2D eigenvalue weighted by Gasteiger charge is -2.23. The third-order valence-corrected chi connectivity index (χ3v) is 4.80. The van der Waals surface area contributed by atoms with E-state index in [1.807, 2.05) is 32.2 Å². The molecule has 0 aliphatic carbocycles. The van der Waals surface area contributed by atoms with Crippen molar-refractivity contribution in [1.82, 2.24) is 9.78 Å². The van der Waals surface area contributed by atoms with Crippen molar-refractivity contribution in [2.75, 3.05) is 10.2 Å². The van der Waals surface area contributed by atoms with E-state index in [2.05, 4.69) is 10.4 Å².